The van der Waals surface area contributed by atoms with E-state index in [0.717, 1.165) is 0 Å². The number of aryl methyl sites for hydroxylation is 2. The molecule has 106 valence electrons. The maximum absolute atomic E-state index is 11.0. The molecule has 0 saturated heterocycles. The summed E-state index contributed by atoms with van der Waals surface area (Å²) < 4.78 is 32.1. The molecule has 1 heterocycles. The predicted octanol–water partition coefficient (Wildman–Crippen LogP) is 1.09. The van der Waals surface area contributed by atoms with E-state index in [4.69, 9.17) is 21.4 Å². The summed E-state index contributed by atoms with van der Waals surface area (Å²) in [6, 6.07) is 1.89. The van der Waals surface area contributed by atoms with E-state index in [0.29, 0.717) is 19.4 Å². The molecule has 0 bridgehead atoms. The Kier molecular flexibility index (Phi) is 4.00. The van der Waals surface area contributed by atoms with Crippen LogP contribution in [-0.4, -0.2) is 32.8 Å². The number of aromatic nitrogens is 1. The number of unbranched alkanes of at least 4 members (excludes halogenated alkanes) is 1. The van der Waals surface area contributed by atoms with E-state index in [2.05, 4.69) is 0 Å². The maximum Gasteiger partial charge on any atom is 0.320 e. The summed E-state index contributed by atoms with van der Waals surface area (Å²) >= 11 is 0. The van der Waals surface area contributed by atoms with Crippen molar-refractivity contribution in [2.75, 3.05) is 0 Å². The summed E-state index contributed by atoms with van der Waals surface area (Å²) in [5.41, 5.74) is 5.31. The Morgan fingerprint density at radius 2 is 2.16 bits per heavy atom. The van der Waals surface area contributed by atoms with Gasteiger partial charge in [-0.1, -0.05) is 0 Å². The number of carbonyl (C=O) groups is 2. The fraction of sp³-hybridized carbons (Fsp3) is 0.538. The molecule has 0 spiro atoms. The van der Waals surface area contributed by atoms with Gasteiger partial charge in [-0.2, -0.15) is 0 Å². The average Bonchev–Trinajstić information content (AvgIpc) is 2.91. The monoisotopic (exact) mass is 272 g/mol. The normalized spacial score (nSPS) is 16.9. The van der Waals surface area contributed by atoms with Crippen molar-refractivity contribution in [2.24, 2.45) is 5.73 Å². The molecule has 0 fully saturated rings. The van der Waals surface area contributed by atoms with Crippen molar-refractivity contribution in [2.45, 2.75) is 44.6 Å². The van der Waals surface area contributed by atoms with E-state index in [1.165, 1.54) is 22.9 Å². The Hall–Kier alpha value is -1.82. The van der Waals surface area contributed by atoms with Crippen LogP contribution in [0.5, 0.6) is 0 Å². The molecule has 0 aliphatic rings. The smallest absolute Gasteiger partial charge is 0.320 e. The summed E-state index contributed by atoms with van der Waals surface area (Å²) in [4.78, 5) is 21.6. The Bertz CT molecular complexity index is 574. The molecular weight excluding hydrogens is 248 g/mol. The number of aliphatic carboxylic acids is 2. The summed E-state index contributed by atoms with van der Waals surface area (Å²) in [7, 11) is 0. The zero-order valence-electron chi connectivity index (χ0n) is 14.4. The molecule has 19 heavy (non-hydrogen) atoms. The molecule has 6 nitrogen and oxygen atoms in total. The van der Waals surface area contributed by atoms with Crippen LogP contribution in [-0.2, 0) is 22.5 Å². The van der Waals surface area contributed by atoms with Crippen LogP contribution in [0, 0.1) is 0 Å². The van der Waals surface area contributed by atoms with E-state index in [1.807, 2.05) is 0 Å². The van der Waals surface area contributed by atoms with Gasteiger partial charge in [0.05, 0.1) is 6.37 Å². The van der Waals surface area contributed by atoms with Crippen LogP contribution in [0.25, 0.3) is 0 Å². The number of carboxylic acids is 2. The van der Waals surface area contributed by atoms with Crippen LogP contribution in [0.4, 0.5) is 0 Å². The van der Waals surface area contributed by atoms with Gasteiger partial charge in [0.25, 0.3) is 0 Å². The van der Waals surface area contributed by atoms with Crippen LogP contribution < -0.4 is 5.73 Å². The van der Waals surface area contributed by atoms with Crippen molar-refractivity contribution in [3.8, 4) is 0 Å². The highest BCUT2D eigenvalue weighted by Crippen LogP contribution is 2.09. The highest BCUT2D eigenvalue weighted by molar-refractivity contribution is 5.72. The minimum atomic E-state index is -3.07. The van der Waals surface area contributed by atoms with Crippen LogP contribution in [0.2, 0.25) is 0 Å². The van der Waals surface area contributed by atoms with Gasteiger partial charge in [0.15, 0.2) is 0 Å². The zero-order chi connectivity index (χ0) is 17.8. The summed E-state index contributed by atoms with van der Waals surface area (Å²) in [5, 5.41) is 17.6. The summed E-state index contributed by atoms with van der Waals surface area (Å²) in [6.07, 6.45) is -2.97. The second-order valence-electron chi connectivity index (χ2n) is 4.08. The van der Waals surface area contributed by atoms with Gasteiger partial charge in [0, 0.05) is 23.9 Å². The fourth-order valence-corrected chi connectivity index (χ4v) is 1.61. The van der Waals surface area contributed by atoms with Gasteiger partial charge in [-0.3, -0.25) is 9.59 Å². The van der Waals surface area contributed by atoms with Gasteiger partial charge in [0.1, 0.15) is 6.04 Å². The lowest BCUT2D eigenvalue weighted by Crippen LogP contribution is -2.29. The van der Waals surface area contributed by atoms with Gasteiger partial charge < -0.3 is 20.5 Å². The van der Waals surface area contributed by atoms with Gasteiger partial charge in [-0.05, 0) is 37.8 Å². The molecule has 6 heteroatoms. The highest BCUT2D eigenvalue weighted by atomic mass is 16.4. The van der Waals surface area contributed by atoms with E-state index in [1.54, 1.807) is 0 Å². The molecule has 1 aromatic rings. The molecule has 1 rings (SSSR count). The summed E-state index contributed by atoms with van der Waals surface area (Å²) in [6.45, 7) is 0.309. The van der Waals surface area contributed by atoms with E-state index < -0.39 is 30.7 Å². The second-order valence-corrected chi connectivity index (χ2v) is 4.08. The summed E-state index contributed by atoms with van der Waals surface area (Å²) in [5.74, 6) is -2.96. The SMILES string of the molecule is [2H]C([2H])(C(=O)O)C([2H])([2H])c1cccn1CCCC[C@H](N)C(=O)O. The number of rotatable bonds is 9. The van der Waals surface area contributed by atoms with Crippen LogP contribution in [0.3, 0.4) is 0 Å². The third-order valence-electron chi connectivity index (χ3n) is 2.61. The van der Waals surface area contributed by atoms with Crippen molar-refractivity contribution in [1.82, 2.24) is 4.57 Å². The Morgan fingerprint density at radius 1 is 1.42 bits per heavy atom. The van der Waals surface area contributed by atoms with Crippen molar-refractivity contribution in [1.29, 1.82) is 0 Å². The minimum Gasteiger partial charge on any atom is -0.481 e. The van der Waals surface area contributed by atoms with Crippen molar-refractivity contribution >= 4 is 11.9 Å². The molecule has 0 radical (unpaired) electrons. The quantitative estimate of drug-likeness (QED) is 0.583. The molecule has 0 aliphatic heterocycles. The fourth-order valence-electron chi connectivity index (χ4n) is 1.61. The molecule has 0 unspecified atom stereocenters. The number of carboxylic acid groups (broad SMARTS) is 2. The zero-order valence-corrected chi connectivity index (χ0v) is 10.4. The van der Waals surface area contributed by atoms with Crippen LogP contribution in [0.15, 0.2) is 18.3 Å². The largest absolute Gasteiger partial charge is 0.481 e. The molecule has 4 N–H and O–H groups in total. The standard InChI is InChI=1S/C13H20N2O4/c14-11(13(18)19)5-1-2-8-15-9-3-4-10(15)6-7-12(16)17/h3-4,9,11H,1-2,5-8,14H2,(H,16,17)(H,18,19)/t11-/m0/s1/i6D2,7D2. The third kappa shape index (κ3) is 5.56. The minimum absolute atomic E-state index is 0.0765. The lowest BCUT2D eigenvalue weighted by atomic mass is 10.1. The van der Waals surface area contributed by atoms with Crippen molar-refractivity contribution < 1.29 is 25.3 Å². The molecule has 1 atom stereocenters. The predicted molar refractivity (Wildman–Crippen MR) is 69.9 cm³/mol. The number of hydrogen-bond donors (Lipinski definition) is 3. The molecule has 0 amide bonds. The highest BCUT2D eigenvalue weighted by Gasteiger charge is 2.10. The first-order chi connectivity index (χ1) is 10.5. The Morgan fingerprint density at radius 3 is 2.79 bits per heavy atom. The lowest BCUT2D eigenvalue weighted by Gasteiger charge is -2.09. The topological polar surface area (TPSA) is 106 Å². The maximum atomic E-state index is 11.0. The first kappa shape index (κ1) is 10.0. The van der Waals surface area contributed by atoms with E-state index in [9.17, 15) is 9.59 Å². The van der Waals surface area contributed by atoms with Crippen LogP contribution >= 0.6 is 0 Å². The van der Waals surface area contributed by atoms with Gasteiger partial charge in [-0.25, -0.2) is 0 Å². The van der Waals surface area contributed by atoms with E-state index in [-0.39, 0.29) is 12.1 Å². The van der Waals surface area contributed by atoms with Gasteiger partial charge >= 0.3 is 11.9 Å². The molecule has 0 aliphatic carbocycles. The molecule has 1 aromatic heterocycles. The van der Waals surface area contributed by atoms with E-state index >= 15 is 0 Å². The Labute approximate surface area is 117 Å². The average molecular weight is 272 g/mol. The first-order valence-corrected chi connectivity index (χ1v) is 5.89. The van der Waals surface area contributed by atoms with Crippen molar-refractivity contribution in [3.63, 3.8) is 0 Å². The molecule has 0 saturated carbocycles. The molecular formula is C13H20N2O4. The Balaban J connectivity index is 2.77. The van der Waals surface area contributed by atoms with Crippen LogP contribution in [0.1, 0.15) is 36.8 Å². The lowest BCUT2D eigenvalue weighted by molar-refractivity contribution is -0.139. The van der Waals surface area contributed by atoms with Crippen molar-refractivity contribution in [3.05, 3.63) is 24.0 Å². The first-order valence-electron chi connectivity index (χ1n) is 7.89. The number of nitrogens with two attached hydrogens (primary N) is 1. The number of hydrogen-bond acceptors (Lipinski definition) is 3. The third-order valence-corrected chi connectivity index (χ3v) is 2.61. The molecule has 0 aromatic carbocycles. The van der Waals surface area contributed by atoms with Gasteiger partial charge in [0.2, 0.25) is 0 Å². The second kappa shape index (κ2) is 7.58. The van der Waals surface area contributed by atoms with Gasteiger partial charge in [-0.15, -0.1) is 0 Å². The number of nitrogens with zero attached hydrogens (tertiary/aromatic N) is 1.